The molecule has 3 aliphatic rings. The van der Waals surface area contributed by atoms with Crippen molar-refractivity contribution in [2.24, 2.45) is 11.8 Å². The monoisotopic (exact) mass is 588 g/mol. The van der Waals surface area contributed by atoms with Gasteiger partial charge in [-0.2, -0.15) is 0 Å². The van der Waals surface area contributed by atoms with Gasteiger partial charge < -0.3 is 15.4 Å². The number of nitrogens with one attached hydrogen (secondary N) is 2. The van der Waals surface area contributed by atoms with E-state index in [2.05, 4.69) is 45.9 Å². The summed E-state index contributed by atoms with van der Waals surface area (Å²) in [5.74, 6) is 1.90. The minimum absolute atomic E-state index is 0.123. The highest BCUT2D eigenvalue weighted by atomic mass is 32.2. The van der Waals surface area contributed by atoms with Crippen LogP contribution in [0.15, 0.2) is 30.3 Å². The Kier molecular flexibility index (Phi) is 12.4. The molecule has 9 heteroatoms. The smallest absolute Gasteiger partial charge is 0.411 e. The molecule has 0 aromatic heterocycles. The van der Waals surface area contributed by atoms with Gasteiger partial charge in [0.2, 0.25) is 5.91 Å². The molecule has 0 unspecified atom stereocenters. The van der Waals surface area contributed by atoms with Gasteiger partial charge in [-0.1, -0.05) is 88.5 Å². The van der Waals surface area contributed by atoms with Gasteiger partial charge in [-0.25, -0.2) is 4.79 Å². The molecule has 40 heavy (non-hydrogen) atoms. The number of hydrogen-bond acceptors (Lipinski definition) is 6. The molecular weight excluding hydrogens is 541 g/mol. The van der Waals surface area contributed by atoms with E-state index in [4.69, 9.17) is 17.0 Å². The average Bonchev–Trinajstić information content (AvgIpc) is 3.46. The third kappa shape index (κ3) is 9.62. The summed E-state index contributed by atoms with van der Waals surface area (Å²) in [6.07, 6.45) is 10.1. The van der Waals surface area contributed by atoms with Gasteiger partial charge in [-0.15, -0.1) is 11.8 Å². The van der Waals surface area contributed by atoms with E-state index in [1.54, 1.807) is 16.7 Å². The van der Waals surface area contributed by atoms with Crippen LogP contribution in [-0.4, -0.2) is 76.2 Å². The van der Waals surface area contributed by atoms with Crippen molar-refractivity contribution in [3.63, 3.8) is 0 Å². The Bertz CT molecular complexity index is 949. The predicted octanol–water partition coefficient (Wildman–Crippen LogP) is 5.58. The van der Waals surface area contributed by atoms with Gasteiger partial charge in [-0.05, 0) is 43.1 Å². The first-order chi connectivity index (χ1) is 19.4. The second kappa shape index (κ2) is 16.0. The molecule has 1 aromatic rings. The number of thiocarbonyl (C=S) groups is 1. The fourth-order valence-corrected chi connectivity index (χ4v) is 7.44. The highest BCUT2D eigenvalue weighted by Gasteiger charge is 2.37. The summed E-state index contributed by atoms with van der Waals surface area (Å²) in [5, 5.41) is 6.90. The maximum absolute atomic E-state index is 13.5. The fourth-order valence-electron chi connectivity index (χ4n) is 5.95. The van der Waals surface area contributed by atoms with Crippen LogP contribution in [0.25, 0.3) is 0 Å². The Morgan fingerprint density at radius 2 is 1.80 bits per heavy atom. The Morgan fingerprint density at radius 3 is 2.50 bits per heavy atom. The molecule has 2 amide bonds. The third-order valence-electron chi connectivity index (χ3n) is 8.36. The molecule has 0 spiro atoms. The van der Waals surface area contributed by atoms with Crippen LogP contribution in [0.5, 0.6) is 0 Å². The summed E-state index contributed by atoms with van der Waals surface area (Å²) in [5.41, 5.74) is 1.35. The lowest BCUT2D eigenvalue weighted by atomic mass is 9.85. The number of likely N-dealkylation sites (tertiary alicyclic amines) is 1. The van der Waals surface area contributed by atoms with Crippen LogP contribution < -0.4 is 10.6 Å². The molecule has 1 aromatic carbocycles. The largest absolute Gasteiger partial charge is 0.449 e. The van der Waals surface area contributed by atoms with Crippen molar-refractivity contribution in [2.45, 2.75) is 96.3 Å². The molecule has 4 rings (SSSR count). The second-order valence-corrected chi connectivity index (χ2v) is 13.6. The number of ether oxygens (including phenoxy) is 1. The molecule has 1 aliphatic carbocycles. The number of benzene rings is 1. The zero-order valence-corrected chi connectivity index (χ0v) is 25.9. The van der Waals surface area contributed by atoms with E-state index < -0.39 is 12.1 Å². The lowest BCUT2D eigenvalue weighted by Crippen LogP contribution is -2.55. The number of carbonyl (C=O) groups excluding carboxylic acids is 2. The molecule has 2 atom stereocenters. The van der Waals surface area contributed by atoms with Crippen molar-refractivity contribution in [3.05, 3.63) is 35.9 Å². The second-order valence-electron chi connectivity index (χ2n) is 12.1. The maximum Gasteiger partial charge on any atom is 0.411 e. The maximum atomic E-state index is 13.5. The third-order valence-corrected chi connectivity index (χ3v) is 9.78. The predicted molar refractivity (Wildman–Crippen MR) is 167 cm³/mol. The first-order valence-electron chi connectivity index (χ1n) is 15.3. The molecule has 1 saturated carbocycles. The van der Waals surface area contributed by atoms with Gasteiger partial charge in [0, 0.05) is 31.4 Å². The van der Waals surface area contributed by atoms with Crippen LogP contribution in [0.4, 0.5) is 4.79 Å². The van der Waals surface area contributed by atoms with Gasteiger partial charge >= 0.3 is 6.09 Å². The molecule has 222 valence electrons. The minimum atomic E-state index is -0.522. The Hall–Kier alpha value is -1.84. The molecule has 7 nitrogen and oxygen atoms in total. The van der Waals surface area contributed by atoms with Gasteiger partial charge in [0.15, 0.2) is 0 Å². The van der Waals surface area contributed by atoms with Crippen LogP contribution in [0.2, 0.25) is 0 Å². The summed E-state index contributed by atoms with van der Waals surface area (Å²) in [7, 11) is 0. The lowest BCUT2D eigenvalue weighted by Gasteiger charge is -2.34. The van der Waals surface area contributed by atoms with Crippen LogP contribution in [0.1, 0.15) is 77.2 Å². The number of amides is 2. The van der Waals surface area contributed by atoms with E-state index in [0.717, 1.165) is 50.3 Å². The highest BCUT2D eigenvalue weighted by molar-refractivity contribution is 7.99. The van der Waals surface area contributed by atoms with Gasteiger partial charge in [-0.3, -0.25) is 14.6 Å². The fraction of sp³-hybridized carbons (Fsp3) is 0.710. The van der Waals surface area contributed by atoms with Crippen LogP contribution in [0, 0.1) is 11.8 Å². The van der Waals surface area contributed by atoms with Crippen molar-refractivity contribution in [1.29, 1.82) is 0 Å². The lowest BCUT2D eigenvalue weighted by molar-refractivity contribution is -0.125. The molecule has 2 N–H and O–H groups in total. The van der Waals surface area contributed by atoms with Gasteiger partial charge in [0.05, 0.1) is 23.5 Å². The number of carbonyl (C=O) groups is 2. The van der Waals surface area contributed by atoms with Crippen molar-refractivity contribution >= 4 is 41.0 Å². The standard InChI is InChI=1S/C31H48N4O3S2/c1-23(2)20-38-31(37)35-22-40-21-28(35)29(36)33-27(14-13-24-9-5-3-6-10-24)30(39)32-26-15-17-34(18-16-26)19-25-11-7-4-8-12-25/h4,7-8,11-12,23-24,26-28H,3,5-6,9-10,13-22H2,1-2H3,(H,32,39)(H,33,36)/t27-,28+/m1/s1. The Morgan fingerprint density at radius 1 is 1.07 bits per heavy atom. The summed E-state index contributed by atoms with van der Waals surface area (Å²) in [6.45, 7) is 7.41. The van der Waals surface area contributed by atoms with Crippen LogP contribution >= 0.6 is 24.0 Å². The van der Waals surface area contributed by atoms with E-state index in [1.807, 2.05) is 13.8 Å². The molecule has 2 heterocycles. The average molecular weight is 589 g/mol. The first kappa shape index (κ1) is 31.1. The van der Waals surface area contributed by atoms with Crippen molar-refractivity contribution < 1.29 is 14.3 Å². The van der Waals surface area contributed by atoms with E-state index in [1.165, 1.54) is 37.7 Å². The normalized spacial score (nSPS) is 21.8. The van der Waals surface area contributed by atoms with E-state index >= 15 is 0 Å². The summed E-state index contributed by atoms with van der Waals surface area (Å²) < 4.78 is 5.45. The molecule has 0 radical (unpaired) electrons. The summed E-state index contributed by atoms with van der Waals surface area (Å²) in [6, 6.07) is 10.2. The number of rotatable bonds is 11. The van der Waals surface area contributed by atoms with Gasteiger partial charge in [0.1, 0.15) is 6.04 Å². The van der Waals surface area contributed by atoms with Crippen molar-refractivity contribution in [1.82, 2.24) is 20.4 Å². The molecule has 2 saturated heterocycles. The Balaban J connectivity index is 1.32. The molecule has 3 fully saturated rings. The highest BCUT2D eigenvalue weighted by Crippen LogP contribution is 2.28. The number of piperidine rings is 1. The summed E-state index contributed by atoms with van der Waals surface area (Å²) in [4.78, 5) is 31.0. The number of nitrogens with zero attached hydrogens (tertiary/aromatic N) is 2. The van der Waals surface area contributed by atoms with Crippen LogP contribution in [0.3, 0.4) is 0 Å². The quantitative estimate of drug-likeness (QED) is 0.327. The Labute approximate surface area is 250 Å². The zero-order valence-electron chi connectivity index (χ0n) is 24.3. The van der Waals surface area contributed by atoms with E-state index in [0.29, 0.717) is 30.2 Å². The number of hydrogen-bond donors (Lipinski definition) is 2. The van der Waals surface area contributed by atoms with E-state index in [-0.39, 0.29) is 17.9 Å². The number of thioether (sulfide) groups is 1. The molecule has 2 aliphatic heterocycles. The van der Waals surface area contributed by atoms with Crippen LogP contribution in [-0.2, 0) is 16.1 Å². The SMILES string of the molecule is CC(C)COC(=O)N1CSC[C@H]1C(=O)N[C@H](CCC1CCCCC1)C(=S)NC1CCN(Cc2ccccc2)CC1. The topological polar surface area (TPSA) is 73.9 Å². The van der Waals surface area contributed by atoms with E-state index in [9.17, 15) is 9.59 Å². The molecular formula is C31H48N4O3S2. The van der Waals surface area contributed by atoms with Crippen molar-refractivity contribution in [3.8, 4) is 0 Å². The van der Waals surface area contributed by atoms with Gasteiger partial charge in [0.25, 0.3) is 0 Å². The first-order valence-corrected chi connectivity index (χ1v) is 16.8. The molecule has 0 bridgehead atoms. The minimum Gasteiger partial charge on any atom is -0.449 e. The zero-order chi connectivity index (χ0) is 28.3. The van der Waals surface area contributed by atoms with Crippen molar-refractivity contribution in [2.75, 3.05) is 31.3 Å². The summed E-state index contributed by atoms with van der Waals surface area (Å²) >= 11 is 7.55.